The van der Waals surface area contributed by atoms with Crippen molar-refractivity contribution in [3.63, 3.8) is 0 Å². The molecule has 2 fully saturated rings. The van der Waals surface area contributed by atoms with E-state index in [-0.39, 0.29) is 0 Å². The van der Waals surface area contributed by atoms with Crippen LogP contribution >= 0.6 is 23.2 Å². The Kier molecular flexibility index (Phi) is 6.83. The van der Waals surface area contributed by atoms with Crippen molar-refractivity contribution in [2.24, 2.45) is 0 Å². The van der Waals surface area contributed by atoms with Crippen LogP contribution in [0, 0.1) is 0 Å². The van der Waals surface area contributed by atoms with Crippen molar-refractivity contribution < 1.29 is 5.11 Å². The summed E-state index contributed by atoms with van der Waals surface area (Å²) < 4.78 is 0. The number of benzene rings is 2. The molecule has 4 rings (SSSR count). The zero-order chi connectivity index (χ0) is 20.3. The van der Waals surface area contributed by atoms with Gasteiger partial charge in [0.2, 0.25) is 0 Å². The third-order valence-corrected chi connectivity index (χ3v) is 7.45. The highest BCUT2D eigenvalue weighted by Crippen LogP contribution is 2.35. The molecule has 2 aromatic carbocycles. The Bertz CT molecular complexity index is 806. The second kappa shape index (κ2) is 9.36. The van der Waals surface area contributed by atoms with Gasteiger partial charge >= 0.3 is 0 Å². The fourth-order valence-corrected chi connectivity index (χ4v) is 5.21. The third-order valence-electron chi connectivity index (χ3n) is 6.71. The highest BCUT2D eigenvalue weighted by atomic mass is 35.5. The van der Waals surface area contributed by atoms with E-state index in [1.165, 1.54) is 18.4 Å². The first kappa shape index (κ1) is 21.1. The predicted molar refractivity (Wildman–Crippen MR) is 121 cm³/mol. The molecule has 2 aliphatic heterocycles. The smallest absolute Gasteiger partial charge is 0.0920 e. The molecule has 0 radical (unpaired) electrons. The maximum absolute atomic E-state index is 11.1. The summed E-state index contributed by atoms with van der Waals surface area (Å²) in [6.07, 6.45) is 5.07. The highest BCUT2D eigenvalue weighted by molar-refractivity contribution is 6.42. The lowest BCUT2D eigenvalue weighted by Gasteiger charge is -2.40. The molecule has 29 heavy (non-hydrogen) atoms. The van der Waals surface area contributed by atoms with Crippen molar-refractivity contribution in [1.29, 1.82) is 0 Å². The second-order valence-electron chi connectivity index (χ2n) is 8.51. The standard InChI is InChI=1S/C24H30Cl2N2O/c25-21-9-8-18(17-22(21)26)20-7-4-13-27-23(20)10-14-28-15-11-24(29,12-16-28)19-5-2-1-3-6-19/h1-3,5-6,8-9,17,20,23,27,29H,4,7,10-16H2. The summed E-state index contributed by atoms with van der Waals surface area (Å²) in [4.78, 5) is 2.50. The molecule has 2 saturated heterocycles. The number of hydrogen-bond acceptors (Lipinski definition) is 3. The maximum atomic E-state index is 11.1. The predicted octanol–water partition coefficient (Wildman–Crippen LogP) is 5.20. The quantitative estimate of drug-likeness (QED) is 0.680. The molecular weight excluding hydrogens is 403 g/mol. The van der Waals surface area contributed by atoms with E-state index < -0.39 is 5.60 Å². The van der Waals surface area contributed by atoms with Gasteiger partial charge in [0, 0.05) is 19.1 Å². The minimum atomic E-state index is -0.677. The lowest BCUT2D eigenvalue weighted by molar-refractivity contribution is -0.0266. The molecule has 2 unspecified atom stereocenters. The van der Waals surface area contributed by atoms with E-state index in [9.17, 15) is 5.11 Å². The third kappa shape index (κ3) is 4.98. The molecule has 2 aromatic rings. The maximum Gasteiger partial charge on any atom is 0.0920 e. The van der Waals surface area contributed by atoms with E-state index >= 15 is 0 Å². The average molecular weight is 433 g/mol. The van der Waals surface area contributed by atoms with Gasteiger partial charge in [0.1, 0.15) is 0 Å². The van der Waals surface area contributed by atoms with E-state index in [1.807, 2.05) is 42.5 Å². The van der Waals surface area contributed by atoms with Gasteiger partial charge < -0.3 is 15.3 Å². The van der Waals surface area contributed by atoms with Crippen LogP contribution in [0.1, 0.15) is 49.1 Å². The van der Waals surface area contributed by atoms with Gasteiger partial charge in [-0.25, -0.2) is 0 Å². The van der Waals surface area contributed by atoms with E-state index in [1.54, 1.807) is 0 Å². The van der Waals surface area contributed by atoms with E-state index in [0.29, 0.717) is 22.0 Å². The first-order chi connectivity index (χ1) is 14.0. The van der Waals surface area contributed by atoms with Crippen molar-refractivity contribution in [3.05, 3.63) is 69.7 Å². The monoisotopic (exact) mass is 432 g/mol. The molecule has 2 aliphatic rings. The van der Waals surface area contributed by atoms with Crippen LogP contribution in [0.25, 0.3) is 0 Å². The number of halogens is 2. The van der Waals surface area contributed by atoms with Crippen LogP contribution in [0.2, 0.25) is 10.0 Å². The topological polar surface area (TPSA) is 35.5 Å². The summed E-state index contributed by atoms with van der Waals surface area (Å²) in [5, 5.41) is 16.0. The fourth-order valence-electron chi connectivity index (χ4n) is 4.90. The van der Waals surface area contributed by atoms with Gasteiger partial charge in [-0.15, -0.1) is 0 Å². The van der Waals surface area contributed by atoms with Crippen LogP contribution in [0.4, 0.5) is 0 Å². The van der Waals surface area contributed by atoms with Crippen LogP contribution in [-0.2, 0) is 5.60 Å². The normalized spacial score (nSPS) is 25.1. The van der Waals surface area contributed by atoms with Crippen LogP contribution in [-0.4, -0.2) is 42.2 Å². The summed E-state index contributed by atoms with van der Waals surface area (Å²) >= 11 is 12.4. The van der Waals surface area contributed by atoms with Crippen LogP contribution < -0.4 is 5.32 Å². The average Bonchev–Trinajstić information content (AvgIpc) is 2.76. The lowest BCUT2D eigenvalue weighted by Crippen LogP contribution is -2.46. The number of aliphatic hydroxyl groups is 1. The Balaban J connectivity index is 1.34. The van der Waals surface area contributed by atoms with Crippen molar-refractivity contribution in [1.82, 2.24) is 10.2 Å². The largest absolute Gasteiger partial charge is 0.385 e. The van der Waals surface area contributed by atoms with Crippen molar-refractivity contribution in [3.8, 4) is 0 Å². The zero-order valence-electron chi connectivity index (χ0n) is 16.8. The minimum Gasteiger partial charge on any atom is -0.385 e. The van der Waals surface area contributed by atoms with Crippen molar-refractivity contribution >= 4 is 23.2 Å². The Morgan fingerprint density at radius 3 is 2.52 bits per heavy atom. The molecular formula is C24H30Cl2N2O. The first-order valence-corrected chi connectivity index (χ1v) is 11.5. The summed E-state index contributed by atoms with van der Waals surface area (Å²) in [5.74, 6) is 0.476. The van der Waals surface area contributed by atoms with Crippen LogP contribution in [0.3, 0.4) is 0 Å². The zero-order valence-corrected chi connectivity index (χ0v) is 18.3. The lowest BCUT2D eigenvalue weighted by atomic mass is 9.82. The number of likely N-dealkylation sites (tertiary alicyclic amines) is 1. The van der Waals surface area contributed by atoms with Gasteiger partial charge in [0.25, 0.3) is 0 Å². The van der Waals surface area contributed by atoms with Gasteiger partial charge in [-0.2, -0.15) is 0 Å². The number of nitrogens with one attached hydrogen (secondary N) is 1. The van der Waals surface area contributed by atoms with Gasteiger partial charge in [-0.05, 0) is 74.4 Å². The van der Waals surface area contributed by atoms with E-state index in [4.69, 9.17) is 23.2 Å². The fraction of sp³-hybridized carbons (Fsp3) is 0.500. The second-order valence-corrected chi connectivity index (χ2v) is 9.33. The van der Waals surface area contributed by atoms with Gasteiger partial charge in [-0.1, -0.05) is 59.6 Å². The molecule has 2 N–H and O–H groups in total. The molecule has 0 amide bonds. The summed E-state index contributed by atoms with van der Waals surface area (Å²) in [6.45, 7) is 4.02. The molecule has 0 aliphatic carbocycles. The summed E-state index contributed by atoms with van der Waals surface area (Å²) in [7, 11) is 0. The van der Waals surface area contributed by atoms with E-state index in [0.717, 1.165) is 51.0 Å². The van der Waals surface area contributed by atoms with Gasteiger partial charge in [0.05, 0.1) is 15.6 Å². The van der Waals surface area contributed by atoms with Gasteiger partial charge in [-0.3, -0.25) is 0 Å². The Morgan fingerprint density at radius 2 is 1.79 bits per heavy atom. The molecule has 5 heteroatoms. The molecule has 3 nitrogen and oxygen atoms in total. The van der Waals surface area contributed by atoms with Crippen molar-refractivity contribution in [2.45, 2.75) is 49.7 Å². The molecule has 156 valence electrons. The van der Waals surface area contributed by atoms with E-state index in [2.05, 4.69) is 16.3 Å². The number of rotatable bonds is 5. The minimum absolute atomic E-state index is 0.455. The first-order valence-electron chi connectivity index (χ1n) is 10.7. The molecule has 2 heterocycles. The molecule has 0 spiro atoms. The van der Waals surface area contributed by atoms with Crippen molar-refractivity contribution in [2.75, 3.05) is 26.2 Å². The number of nitrogens with zero attached hydrogens (tertiary/aromatic N) is 1. The highest BCUT2D eigenvalue weighted by Gasteiger charge is 2.34. The van der Waals surface area contributed by atoms with Crippen LogP contribution in [0.5, 0.6) is 0 Å². The number of piperidine rings is 2. The number of hydrogen-bond donors (Lipinski definition) is 2. The Hall–Kier alpha value is -1.10. The Morgan fingerprint density at radius 1 is 1.03 bits per heavy atom. The Labute approximate surface area is 184 Å². The van der Waals surface area contributed by atoms with Crippen LogP contribution in [0.15, 0.2) is 48.5 Å². The van der Waals surface area contributed by atoms with Gasteiger partial charge in [0.15, 0.2) is 0 Å². The summed E-state index contributed by atoms with van der Waals surface area (Å²) in [6, 6.07) is 16.6. The molecule has 0 saturated carbocycles. The molecule has 0 bridgehead atoms. The molecule has 0 aromatic heterocycles. The summed E-state index contributed by atoms with van der Waals surface area (Å²) in [5.41, 5.74) is 1.66. The SMILES string of the molecule is OC1(c2ccccc2)CCN(CCC2NCCCC2c2ccc(Cl)c(Cl)c2)CC1. The molecule has 2 atom stereocenters.